The maximum atomic E-state index is 12.2. The third-order valence-electron chi connectivity index (χ3n) is 6.66. The first-order valence-electron chi connectivity index (χ1n) is 13.5. The van der Waals surface area contributed by atoms with Gasteiger partial charge in [0.25, 0.3) is 20.2 Å². The molecule has 0 aliphatic heterocycles. The number of nitrogens with zero attached hydrogens (tertiary/aromatic N) is 6. The Morgan fingerprint density at radius 3 is 1.43 bits per heavy atom. The van der Waals surface area contributed by atoms with Crippen LogP contribution in [0.5, 0.6) is 0 Å². The molecule has 2 aromatic carbocycles. The third kappa shape index (κ3) is 12.1. The van der Waals surface area contributed by atoms with E-state index in [9.17, 15) is 27.6 Å². The molecule has 19 nitrogen and oxygen atoms in total. The number of fused-ring (bicyclic) bond motifs is 2. The minimum Gasteiger partial charge on any atom is -0.769 e. The maximum absolute atomic E-state index is 12.2. The number of benzene rings is 2. The Kier molecular flexibility index (Phi) is 16.7. The normalized spacial score (nSPS) is 11.1. The van der Waals surface area contributed by atoms with Gasteiger partial charge in [-0.2, -0.15) is 13.4 Å². The second kappa shape index (κ2) is 19.2. The zero-order valence-corrected chi connectivity index (χ0v) is 35.2. The van der Waals surface area contributed by atoms with E-state index >= 15 is 0 Å². The number of H-pyrrole nitrogens is 2. The molecule has 0 unspecified atom stereocenters. The quantitative estimate of drug-likeness (QED) is 0.0685. The minimum absolute atomic E-state index is 0. The van der Waals surface area contributed by atoms with E-state index in [1.165, 1.54) is 11.6 Å². The van der Waals surface area contributed by atoms with Crippen LogP contribution in [0, 0.1) is 0 Å². The van der Waals surface area contributed by atoms with Gasteiger partial charge in [-0.3, -0.25) is 37.8 Å². The number of aryl methyl sites for hydroxylation is 2. The largest absolute Gasteiger partial charge is 1.00 e. The summed E-state index contributed by atoms with van der Waals surface area (Å²) >= 11 is 18.4. The van der Waals surface area contributed by atoms with E-state index in [1.807, 2.05) is 12.1 Å². The van der Waals surface area contributed by atoms with Crippen molar-refractivity contribution in [1.29, 1.82) is 0 Å². The molecule has 0 atom stereocenters. The van der Waals surface area contributed by atoms with Crippen LogP contribution in [0.3, 0.4) is 0 Å². The fourth-order valence-electron chi connectivity index (χ4n) is 4.44. The average Bonchev–Trinajstić information content (AvgIpc) is 3.60. The molecule has 0 saturated heterocycles. The summed E-state index contributed by atoms with van der Waals surface area (Å²) in [6.07, 6.45) is 0. The summed E-state index contributed by atoms with van der Waals surface area (Å²) in [4.78, 5) is 60.0. The van der Waals surface area contributed by atoms with Crippen molar-refractivity contribution < 1.29 is 60.2 Å². The zero-order valence-electron chi connectivity index (χ0n) is 27.0. The molecule has 0 radical (unpaired) electrons. The molecule has 4 aromatic heterocycles. The zero-order chi connectivity index (χ0) is 39.3. The van der Waals surface area contributed by atoms with Crippen LogP contribution >= 0.6 is 61.7 Å². The van der Waals surface area contributed by atoms with Crippen molar-refractivity contribution >= 4 is 103 Å². The number of hydrogen-bond donors (Lipinski definition) is 4. The second-order valence-corrected chi connectivity index (χ2v) is 15.0. The predicted molar refractivity (Wildman–Crippen MR) is 193 cm³/mol. The van der Waals surface area contributed by atoms with Gasteiger partial charge in [-0.1, -0.05) is 47.5 Å². The molecular weight excluding hydrogens is 909 g/mol. The van der Waals surface area contributed by atoms with Crippen LogP contribution in [0.1, 0.15) is 11.1 Å². The van der Waals surface area contributed by atoms with Crippen LogP contribution < -0.4 is 56.7 Å². The monoisotopic (exact) mass is 928 g/mol. The van der Waals surface area contributed by atoms with Gasteiger partial charge in [-0.05, 0) is 51.3 Å². The summed E-state index contributed by atoms with van der Waals surface area (Å²) < 4.78 is 68.7. The Morgan fingerprint density at radius 1 is 0.717 bits per heavy atom. The topological polar surface area (TPSA) is 277 Å². The van der Waals surface area contributed by atoms with E-state index in [4.69, 9.17) is 56.1 Å². The first-order chi connectivity index (χ1) is 24.1. The van der Waals surface area contributed by atoms with E-state index < -0.39 is 47.1 Å². The Hall–Kier alpha value is -2.84. The van der Waals surface area contributed by atoms with Gasteiger partial charge in [-0.15, -0.1) is 0 Å². The van der Waals surface area contributed by atoms with Crippen LogP contribution in [0.2, 0.25) is 10.0 Å². The van der Waals surface area contributed by atoms with Crippen molar-refractivity contribution in [1.82, 2.24) is 38.2 Å². The molecule has 6 rings (SSSR count). The van der Waals surface area contributed by atoms with Crippen LogP contribution in [0.25, 0.3) is 22.3 Å². The molecule has 0 amide bonds. The van der Waals surface area contributed by atoms with Gasteiger partial charge >= 0.3 is 51.3 Å². The van der Waals surface area contributed by atoms with Gasteiger partial charge in [0.15, 0.2) is 27.1 Å². The van der Waals surface area contributed by atoms with Gasteiger partial charge in [0.1, 0.15) is 0 Å². The summed E-state index contributed by atoms with van der Waals surface area (Å²) in [5.74, 6) is 0. The molecule has 27 heteroatoms. The van der Waals surface area contributed by atoms with Crippen molar-refractivity contribution in [3.63, 3.8) is 0 Å². The van der Waals surface area contributed by atoms with E-state index in [1.54, 1.807) is 48.0 Å². The van der Waals surface area contributed by atoms with Gasteiger partial charge in [-0.25, -0.2) is 34.9 Å². The second-order valence-electron chi connectivity index (χ2n) is 10.1. The molecule has 6 aromatic rings. The summed E-state index contributed by atoms with van der Waals surface area (Å²) in [5.41, 5.74) is -0.215. The SMILES string of the molecule is Cn1c(=O)[nH]c(=O)c2c1nc(Br)n2Cc1ccc(Cl)cc1.Cn1c(=O)[nH]c(=O)c2c1nc(S(=O)(=O)Cl)n2Cc1ccc(Cl)cc1.O=S(=O)(O)O.[Na+].[O-]Cl. The predicted octanol–water partition coefficient (Wildman–Crippen LogP) is -1.21. The molecule has 0 bridgehead atoms. The average molecular weight is 931 g/mol. The first-order valence-corrected chi connectivity index (χ1v) is 19.1. The number of halogens is 5. The Morgan fingerprint density at radius 2 is 1.06 bits per heavy atom. The van der Waals surface area contributed by atoms with Gasteiger partial charge in [0.2, 0.25) is 5.16 Å². The fraction of sp³-hybridized carbons (Fsp3) is 0.154. The minimum atomic E-state index is -4.67. The van der Waals surface area contributed by atoms with E-state index in [0.29, 0.717) is 38.1 Å². The van der Waals surface area contributed by atoms with Crippen molar-refractivity contribution in [2.75, 3.05) is 0 Å². The Labute approximate surface area is 347 Å². The molecule has 0 spiro atoms. The van der Waals surface area contributed by atoms with Crippen molar-refractivity contribution in [2.24, 2.45) is 14.1 Å². The van der Waals surface area contributed by atoms with E-state index in [0.717, 1.165) is 14.7 Å². The molecule has 0 fully saturated rings. The molecule has 0 aliphatic rings. The number of rotatable bonds is 5. The standard InChI is InChI=1S/C13H10BrClN4O2.C13H10Cl2N4O4S.ClO.Na.H2O4S/c1-18-10-9(11(20)17-13(18)21)19(12(14)16-10)6-7-2-4-8(15)5-3-7;1-18-10-9(11(20)17-12(18)21)19(13(16-10)24(15,22)23)6-7-2-4-8(14)5-3-7;1-2;;1-5(2,3)4/h2-5H,6H2,1H3,(H,17,20,21);2-5H,6H2,1H3,(H,17,20,21);;;(H2,1,2,3,4)/q;;-1;+1;. The molecular formula is C26H22BrCl4N8NaO11S2. The Balaban J connectivity index is 0.000000309. The molecule has 0 saturated carbocycles. The first kappa shape index (κ1) is 46.3. The summed E-state index contributed by atoms with van der Waals surface area (Å²) in [6.45, 7) is 0.450. The number of hydrogen-bond acceptors (Lipinski definition) is 11. The summed E-state index contributed by atoms with van der Waals surface area (Å²) in [6, 6.07) is 13.9. The summed E-state index contributed by atoms with van der Waals surface area (Å²) in [7, 11) is -0.539. The van der Waals surface area contributed by atoms with E-state index in [-0.39, 0.29) is 47.3 Å². The maximum Gasteiger partial charge on any atom is 1.00 e. The molecule has 4 heterocycles. The van der Waals surface area contributed by atoms with Crippen LogP contribution in [0.15, 0.2) is 77.6 Å². The van der Waals surface area contributed by atoms with Crippen molar-refractivity contribution in [2.45, 2.75) is 18.2 Å². The van der Waals surface area contributed by atoms with Gasteiger partial charge in [0.05, 0.1) is 13.1 Å². The fourth-order valence-corrected chi connectivity index (χ4v) is 6.14. The third-order valence-corrected chi connectivity index (χ3v) is 8.93. The molecule has 4 N–H and O–H groups in total. The van der Waals surface area contributed by atoms with Gasteiger partial charge < -0.3 is 13.8 Å². The van der Waals surface area contributed by atoms with Crippen molar-refractivity contribution in [3.05, 3.63) is 116 Å². The molecule has 280 valence electrons. The Bertz CT molecular complexity index is 2710. The van der Waals surface area contributed by atoms with Gasteiger partial charge in [0, 0.05) is 34.8 Å². The smallest absolute Gasteiger partial charge is 0.769 e. The number of aromatic amines is 2. The molecule has 0 aliphatic carbocycles. The number of nitrogens with one attached hydrogen (secondary N) is 2. The molecule has 53 heavy (non-hydrogen) atoms. The van der Waals surface area contributed by atoms with Crippen LogP contribution in [0.4, 0.5) is 0 Å². The van der Waals surface area contributed by atoms with E-state index in [2.05, 4.69) is 47.7 Å². The number of aromatic nitrogens is 8. The van der Waals surface area contributed by atoms with Crippen LogP contribution in [-0.4, -0.2) is 64.1 Å². The van der Waals surface area contributed by atoms with Crippen LogP contribution in [-0.2, 0) is 46.6 Å². The van der Waals surface area contributed by atoms with Crippen molar-refractivity contribution in [3.8, 4) is 0 Å². The number of imidazole rings is 2. The summed E-state index contributed by atoms with van der Waals surface area (Å²) in [5, 5.41) is 0.647.